The van der Waals surface area contributed by atoms with E-state index in [4.69, 9.17) is 4.74 Å². The minimum absolute atomic E-state index is 0.00895. The molecule has 0 radical (unpaired) electrons. The lowest BCUT2D eigenvalue weighted by Crippen LogP contribution is -2.38. The van der Waals surface area contributed by atoms with Gasteiger partial charge in [-0.1, -0.05) is 6.07 Å². The normalized spacial score (nSPS) is 13.6. The first-order valence-corrected chi connectivity index (χ1v) is 6.25. The van der Waals surface area contributed by atoms with Gasteiger partial charge in [0.05, 0.1) is 5.60 Å². The van der Waals surface area contributed by atoms with E-state index < -0.39 is 0 Å². The number of benzene rings is 1. The van der Waals surface area contributed by atoms with Gasteiger partial charge in [-0.2, -0.15) is 0 Å². The summed E-state index contributed by atoms with van der Waals surface area (Å²) >= 11 is 0. The van der Waals surface area contributed by atoms with Crippen LogP contribution in [-0.4, -0.2) is 29.0 Å². The molecule has 0 saturated heterocycles. The summed E-state index contributed by atoms with van der Waals surface area (Å²) in [6.45, 7) is 9.33. The highest BCUT2D eigenvalue weighted by Gasteiger charge is 2.19. The summed E-state index contributed by atoms with van der Waals surface area (Å²) in [6.07, 6.45) is 0. The van der Waals surface area contributed by atoms with E-state index in [1.165, 1.54) is 6.07 Å². The number of phenols is 2. The minimum atomic E-state index is -0.241. The van der Waals surface area contributed by atoms with E-state index in [0.717, 1.165) is 5.56 Å². The van der Waals surface area contributed by atoms with Crippen LogP contribution in [0.3, 0.4) is 0 Å². The minimum Gasteiger partial charge on any atom is -0.508 e. The summed E-state index contributed by atoms with van der Waals surface area (Å²) < 4.78 is 5.60. The zero-order valence-corrected chi connectivity index (χ0v) is 11.5. The van der Waals surface area contributed by atoms with Gasteiger partial charge in [0.2, 0.25) is 0 Å². The standard InChI is InChI=1S/C14H23NO3/c1-5-18-14(3,4)9-15-10(2)12-7-6-11(16)8-13(12)17/h6-8,10,15-17H,5,9H2,1-4H3. The lowest BCUT2D eigenvalue weighted by atomic mass is 10.0. The van der Waals surface area contributed by atoms with E-state index >= 15 is 0 Å². The van der Waals surface area contributed by atoms with Crippen LogP contribution >= 0.6 is 0 Å². The van der Waals surface area contributed by atoms with Crippen LogP contribution < -0.4 is 5.32 Å². The van der Waals surface area contributed by atoms with E-state index in [9.17, 15) is 10.2 Å². The molecule has 0 bridgehead atoms. The number of rotatable bonds is 6. The molecule has 0 spiro atoms. The molecule has 1 atom stereocenters. The largest absolute Gasteiger partial charge is 0.508 e. The Morgan fingerprint density at radius 1 is 1.33 bits per heavy atom. The van der Waals surface area contributed by atoms with Crippen LogP contribution in [0.2, 0.25) is 0 Å². The van der Waals surface area contributed by atoms with Gasteiger partial charge in [0, 0.05) is 30.8 Å². The Kier molecular flexibility index (Phi) is 4.99. The Morgan fingerprint density at radius 2 is 2.00 bits per heavy atom. The van der Waals surface area contributed by atoms with E-state index in [1.54, 1.807) is 12.1 Å². The second-order valence-electron chi connectivity index (χ2n) is 5.04. The Labute approximate surface area is 109 Å². The van der Waals surface area contributed by atoms with Crippen LogP contribution in [0.4, 0.5) is 0 Å². The highest BCUT2D eigenvalue weighted by molar-refractivity contribution is 5.40. The molecular weight excluding hydrogens is 230 g/mol. The van der Waals surface area contributed by atoms with Gasteiger partial charge in [-0.25, -0.2) is 0 Å². The molecule has 1 rings (SSSR count). The quantitative estimate of drug-likeness (QED) is 0.729. The summed E-state index contributed by atoms with van der Waals surface area (Å²) in [4.78, 5) is 0. The van der Waals surface area contributed by atoms with Crippen molar-refractivity contribution in [1.82, 2.24) is 5.32 Å². The maximum absolute atomic E-state index is 9.76. The molecule has 0 amide bonds. The van der Waals surface area contributed by atoms with Gasteiger partial charge in [0.15, 0.2) is 0 Å². The molecule has 0 aliphatic carbocycles. The fourth-order valence-electron chi connectivity index (χ4n) is 1.85. The number of nitrogens with one attached hydrogen (secondary N) is 1. The Bertz CT molecular complexity index is 391. The molecule has 0 aromatic heterocycles. The van der Waals surface area contributed by atoms with Gasteiger partial charge in [-0.15, -0.1) is 0 Å². The average molecular weight is 253 g/mol. The van der Waals surface area contributed by atoms with Crippen molar-refractivity contribution in [2.75, 3.05) is 13.2 Å². The predicted octanol–water partition coefficient (Wildman–Crippen LogP) is 2.56. The van der Waals surface area contributed by atoms with Gasteiger partial charge >= 0.3 is 0 Å². The molecule has 0 aliphatic rings. The topological polar surface area (TPSA) is 61.7 Å². The van der Waals surface area contributed by atoms with Crippen LogP contribution in [0, 0.1) is 0 Å². The van der Waals surface area contributed by atoms with Crippen molar-refractivity contribution in [3.8, 4) is 11.5 Å². The maximum atomic E-state index is 9.76. The van der Waals surface area contributed by atoms with Crippen molar-refractivity contribution >= 4 is 0 Å². The van der Waals surface area contributed by atoms with Gasteiger partial charge in [-0.05, 0) is 33.8 Å². The Morgan fingerprint density at radius 3 is 2.56 bits per heavy atom. The molecular formula is C14H23NO3. The summed E-state index contributed by atoms with van der Waals surface area (Å²) in [5.74, 6) is 0.169. The molecule has 0 heterocycles. The first kappa shape index (κ1) is 14.8. The van der Waals surface area contributed by atoms with E-state index in [2.05, 4.69) is 5.32 Å². The van der Waals surface area contributed by atoms with Crippen molar-refractivity contribution in [3.05, 3.63) is 23.8 Å². The van der Waals surface area contributed by atoms with Crippen LogP contribution in [0.1, 0.15) is 39.3 Å². The lowest BCUT2D eigenvalue weighted by molar-refractivity contribution is -0.0103. The molecule has 4 heteroatoms. The number of aromatic hydroxyl groups is 2. The smallest absolute Gasteiger partial charge is 0.124 e. The van der Waals surface area contributed by atoms with Crippen molar-refractivity contribution in [2.45, 2.75) is 39.3 Å². The lowest BCUT2D eigenvalue weighted by Gasteiger charge is -2.27. The van der Waals surface area contributed by atoms with Crippen LogP contribution in [-0.2, 0) is 4.74 Å². The molecule has 3 N–H and O–H groups in total. The Hall–Kier alpha value is -1.26. The zero-order valence-electron chi connectivity index (χ0n) is 11.5. The van der Waals surface area contributed by atoms with Crippen LogP contribution in [0.5, 0.6) is 11.5 Å². The van der Waals surface area contributed by atoms with Gasteiger partial charge < -0.3 is 20.3 Å². The molecule has 4 nitrogen and oxygen atoms in total. The number of hydrogen-bond donors (Lipinski definition) is 3. The van der Waals surface area contributed by atoms with Crippen molar-refractivity contribution in [1.29, 1.82) is 0 Å². The number of ether oxygens (including phenoxy) is 1. The monoisotopic (exact) mass is 253 g/mol. The second kappa shape index (κ2) is 6.07. The molecule has 1 aromatic carbocycles. The van der Waals surface area contributed by atoms with Gasteiger partial charge in [0.25, 0.3) is 0 Å². The first-order valence-electron chi connectivity index (χ1n) is 6.25. The fourth-order valence-corrected chi connectivity index (χ4v) is 1.85. The molecule has 102 valence electrons. The average Bonchev–Trinajstić information content (AvgIpc) is 2.26. The van der Waals surface area contributed by atoms with Gasteiger partial charge in [-0.3, -0.25) is 0 Å². The third-order valence-corrected chi connectivity index (χ3v) is 2.85. The zero-order chi connectivity index (χ0) is 13.8. The van der Waals surface area contributed by atoms with Crippen molar-refractivity contribution < 1.29 is 14.9 Å². The number of phenolic OH excluding ortho intramolecular Hbond substituents is 2. The van der Waals surface area contributed by atoms with Crippen LogP contribution in [0.15, 0.2) is 18.2 Å². The highest BCUT2D eigenvalue weighted by Crippen LogP contribution is 2.27. The van der Waals surface area contributed by atoms with E-state index in [-0.39, 0.29) is 23.1 Å². The number of hydrogen-bond acceptors (Lipinski definition) is 4. The summed E-state index contributed by atoms with van der Waals surface area (Å²) in [6, 6.07) is 4.63. The molecule has 1 aromatic rings. The summed E-state index contributed by atoms with van der Waals surface area (Å²) in [5.41, 5.74) is 0.523. The Balaban J connectivity index is 2.63. The van der Waals surface area contributed by atoms with E-state index in [1.807, 2.05) is 27.7 Å². The maximum Gasteiger partial charge on any atom is 0.124 e. The third-order valence-electron chi connectivity index (χ3n) is 2.85. The van der Waals surface area contributed by atoms with Gasteiger partial charge in [0.1, 0.15) is 11.5 Å². The fraction of sp³-hybridized carbons (Fsp3) is 0.571. The summed E-state index contributed by atoms with van der Waals surface area (Å²) in [7, 11) is 0. The van der Waals surface area contributed by atoms with E-state index in [0.29, 0.717) is 13.2 Å². The molecule has 1 unspecified atom stereocenters. The molecule has 18 heavy (non-hydrogen) atoms. The molecule has 0 saturated carbocycles. The van der Waals surface area contributed by atoms with Crippen LogP contribution in [0.25, 0.3) is 0 Å². The first-order chi connectivity index (χ1) is 8.35. The summed E-state index contributed by atoms with van der Waals surface area (Å²) in [5, 5.41) is 22.3. The van der Waals surface area contributed by atoms with Crippen molar-refractivity contribution in [2.24, 2.45) is 0 Å². The second-order valence-corrected chi connectivity index (χ2v) is 5.04. The highest BCUT2D eigenvalue weighted by atomic mass is 16.5. The SMILES string of the molecule is CCOC(C)(C)CNC(C)c1ccc(O)cc1O. The van der Waals surface area contributed by atoms with Crippen molar-refractivity contribution in [3.63, 3.8) is 0 Å². The predicted molar refractivity (Wildman–Crippen MR) is 71.9 cm³/mol. The third kappa shape index (κ3) is 4.20. The molecule has 0 aliphatic heterocycles. The molecule has 0 fully saturated rings.